The van der Waals surface area contributed by atoms with Crippen LogP contribution in [0.2, 0.25) is 0 Å². The van der Waals surface area contributed by atoms with E-state index in [1.807, 2.05) is 26.0 Å². The Labute approximate surface area is 169 Å². The van der Waals surface area contributed by atoms with Crippen molar-refractivity contribution in [1.82, 2.24) is 0 Å². The van der Waals surface area contributed by atoms with Crippen LogP contribution in [0.3, 0.4) is 0 Å². The van der Waals surface area contributed by atoms with Gasteiger partial charge in [-0.15, -0.1) is 24.0 Å². The molecule has 2 aromatic carbocycles. The van der Waals surface area contributed by atoms with E-state index in [0.29, 0.717) is 5.69 Å². The Balaban J connectivity index is 0.00000338. The third-order valence-corrected chi connectivity index (χ3v) is 3.00. The van der Waals surface area contributed by atoms with Gasteiger partial charge in [0, 0.05) is 11.4 Å². The molecule has 0 aliphatic heterocycles. The number of halogens is 2. The van der Waals surface area contributed by atoms with Crippen molar-refractivity contribution in [1.29, 1.82) is 0 Å². The van der Waals surface area contributed by atoms with Crippen molar-refractivity contribution in [3.05, 3.63) is 54.3 Å². The van der Waals surface area contributed by atoms with E-state index >= 15 is 0 Å². The van der Waals surface area contributed by atoms with Crippen molar-refractivity contribution in [2.45, 2.75) is 20.0 Å². The summed E-state index contributed by atoms with van der Waals surface area (Å²) in [6.07, 6.45) is 0.0991. The number of hydrogen-bond donors (Lipinski definition) is 3. The fourth-order valence-electron chi connectivity index (χ4n) is 2.00. The highest BCUT2D eigenvalue weighted by atomic mass is 127. The minimum atomic E-state index is -0.424. The van der Waals surface area contributed by atoms with E-state index in [0.717, 1.165) is 11.4 Å². The minimum absolute atomic E-state index is 0. The van der Waals surface area contributed by atoms with Gasteiger partial charge in [-0.1, -0.05) is 6.07 Å². The Morgan fingerprint density at radius 1 is 1.15 bits per heavy atom. The molecule has 140 valence electrons. The maximum absolute atomic E-state index is 13.1. The molecule has 26 heavy (non-hydrogen) atoms. The predicted molar refractivity (Wildman–Crippen MR) is 113 cm³/mol. The number of rotatable bonds is 6. The van der Waals surface area contributed by atoms with E-state index in [9.17, 15) is 9.18 Å². The van der Waals surface area contributed by atoms with Crippen molar-refractivity contribution in [3.8, 4) is 5.75 Å². The molecule has 0 radical (unpaired) electrons. The SMILES string of the molecule is CC(C)Oc1ccc(NC(N)=NCC(=O)Nc2cccc(F)c2)cc1.I. The molecule has 0 aromatic heterocycles. The molecule has 0 saturated carbocycles. The summed E-state index contributed by atoms with van der Waals surface area (Å²) in [6, 6.07) is 12.8. The van der Waals surface area contributed by atoms with Gasteiger partial charge in [0.05, 0.1) is 6.10 Å². The molecular formula is C18H22FIN4O2. The molecule has 0 aliphatic rings. The van der Waals surface area contributed by atoms with Crippen LogP contribution in [-0.4, -0.2) is 24.5 Å². The Bertz CT molecular complexity index is 751. The number of carbonyl (C=O) groups is 1. The molecule has 2 rings (SSSR count). The van der Waals surface area contributed by atoms with Gasteiger partial charge in [0.2, 0.25) is 5.91 Å². The van der Waals surface area contributed by atoms with E-state index in [2.05, 4.69) is 15.6 Å². The van der Waals surface area contributed by atoms with Crippen LogP contribution in [0, 0.1) is 5.82 Å². The van der Waals surface area contributed by atoms with Crippen molar-refractivity contribution in [3.63, 3.8) is 0 Å². The van der Waals surface area contributed by atoms with Crippen molar-refractivity contribution >= 4 is 47.2 Å². The second-order valence-electron chi connectivity index (χ2n) is 5.58. The molecule has 6 nitrogen and oxygen atoms in total. The Hall–Kier alpha value is -2.36. The van der Waals surface area contributed by atoms with Crippen LogP contribution in [0.5, 0.6) is 5.75 Å². The third kappa shape index (κ3) is 7.68. The van der Waals surface area contributed by atoms with Crippen LogP contribution in [0.25, 0.3) is 0 Å². The molecule has 0 saturated heterocycles. The molecule has 0 fully saturated rings. The summed E-state index contributed by atoms with van der Waals surface area (Å²) in [5, 5.41) is 5.42. The molecule has 1 amide bonds. The average molecular weight is 472 g/mol. The van der Waals surface area contributed by atoms with Crippen LogP contribution in [0.15, 0.2) is 53.5 Å². The lowest BCUT2D eigenvalue weighted by molar-refractivity contribution is -0.114. The molecule has 0 aliphatic carbocycles. The molecule has 0 bridgehead atoms. The lowest BCUT2D eigenvalue weighted by Gasteiger charge is -2.11. The van der Waals surface area contributed by atoms with Crippen LogP contribution < -0.4 is 21.1 Å². The molecule has 0 spiro atoms. The van der Waals surface area contributed by atoms with Crippen LogP contribution in [0.4, 0.5) is 15.8 Å². The Kier molecular flexibility index (Phi) is 8.83. The number of carbonyl (C=O) groups excluding carboxylic acids is 1. The van der Waals surface area contributed by atoms with E-state index in [4.69, 9.17) is 10.5 Å². The van der Waals surface area contributed by atoms with Crippen molar-refractivity contribution in [2.75, 3.05) is 17.2 Å². The number of anilines is 2. The Morgan fingerprint density at radius 3 is 2.46 bits per heavy atom. The van der Waals surface area contributed by atoms with Gasteiger partial charge in [0.1, 0.15) is 18.1 Å². The first-order valence-corrected chi connectivity index (χ1v) is 7.81. The van der Waals surface area contributed by atoms with E-state index < -0.39 is 11.7 Å². The summed E-state index contributed by atoms with van der Waals surface area (Å²) in [6.45, 7) is 3.72. The molecule has 0 heterocycles. The molecular weight excluding hydrogens is 450 g/mol. The first kappa shape index (κ1) is 21.7. The number of ether oxygens (including phenoxy) is 1. The average Bonchev–Trinajstić information content (AvgIpc) is 2.54. The second-order valence-corrected chi connectivity index (χ2v) is 5.58. The summed E-state index contributed by atoms with van der Waals surface area (Å²) in [4.78, 5) is 15.7. The number of hydrogen-bond acceptors (Lipinski definition) is 3. The highest BCUT2D eigenvalue weighted by Gasteiger charge is 2.03. The number of nitrogens with two attached hydrogens (primary N) is 1. The second kappa shape index (κ2) is 10.6. The smallest absolute Gasteiger partial charge is 0.246 e. The maximum Gasteiger partial charge on any atom is 0.246 e. The minimum Gasteiger partial charge on any atom is -0.491 e. The van der Waals surface area contributed by atoms with Crippen LogP contribution in [0.1, 0.15) is 13.8 Å². The fraction of sp³-hybridized carbons (Fsp3) is 0.222. The Morgan fingerprint density at radius 2 is 1.85 bits per heavy atom. The van der Waals surface area contributed by atoms with E-state index in [1.165, 1.54) is 18.2 Å². The molecule has 8 heteroatoms. The zero-order valence-corrected chi connectivity index (χ0v) is 16.9. The lowest BCUT2D eigenvalue weighted by atomic mass is 10.3. The predicted octanol–water partition coefficient (Wildman–Crippen LogP) is 3.60. The van der Waals surface area contributed by atoms with Crippen molar-refractivity contribution in [2.24, 2.45) is 10.7 Å². The van der Waals surface area contributed by atoms with Gasteiger partial charge >= 0.3 is 0 Å². The van der Waals surface area contributed by atoms with Crippen LogP contribution >= 0.6 is 24.0 Å². The lowest BCUT2D eigenvalue weighted by Crippen LogP contribution is -2.25. The maximum atomic E-state index is 13.1. The number of nitrogens with one attached hydrogen (secondary N) is 2. The summed E-state index contributed by atoms with van der Waals surface area (Å²) >= 11 is 0. The van der Waals surface area contributed by atoms with E-state index in [-0.39, 0.29) is 42.6 Å². The molecule has 0 atom stereocenters. The first-order valence-electron chi connectivity index (χ1n) is 7.81. The quantitative estimate of drug-likeness (QED) is 0.341. The van der Waals surface area contributed by atoms with Gasteiger partial charge in [0.25, 0.3) is 0 Å². The summed E-state index contributed by atoms with van der Waals surface area (Å²) in [5.74, 6) is 0.0425. The summed E-state index contributed by atoms with van der Waals surface area (Å²) in [5.41, 5.74) is 6.85. The molecule has 4 N–H and O–H groups in total. The monoisotopic (exact) mass is 472 g/mol. The van der Waals surface area contributed by atoms with Gasteiger partial charge in [-0.25, -0.2) is 9.38 Å². The van der Waals surface area contributed by atoms with Gasteiger partial charge in [-0.05, 0) is 56.3 Å². The number of amides is 1. The van der Waals surface area contributed by atoms with Gasteiger partial charge in [0.15, 0.2) is 5.96 Å². The van der Waals surface area contributed by atoms with Gasteiger partial charge < -0.3 is 21.1 Å². The van der Waals surface area contributed by atoms with Gasteiger partial charge in [-0.3, -0.25) is 4.79 Å². The first-order chi connectivity index (χ1) is 11.9. The van der Waals surface area contributed by atoms with E-state index in [1.54, 1.807) is 18.2 Å². The zero-order valence-electron chi connectivity index (χ0n) is 14.5. The molecule has 0 unspecified atom stereocenters. The summed E-state index contributed by atoms with van der Waals surface area (Å²) < 4.78 is 18.6. The number of guanidine groups is 1. The largest absolute Gasteiger partial charge is 0.491 e. The zero-order chi connectivity index (χ0) is 18.2. The van der Waals surface area contributed by atoms with Gasteiger partial charge in [-0.2, -0.15) is 0 Å². The number of benzene rings is 2. The van der Waals surface area contributed by atoms with Crippen molar-refractivity contribution < 1.29 is 13.9 Å². The molecule has 2 aromatic rings. The summed E-state index contributed by atoms with van der Waals surface area (Å²) in [7, 11) is 0. The topological polar surface area (TPSA) is 88.7 Å². The third-order valence-electron chi connectivity index (χ3n) is 3.00. The van der Waals surface area contributed by atoms with Crippen LogP contribution in [-0.2, 0) is 4.79 Å². The highest BCUT2D eigenvalue weighted by Crippen LogP contribution is 2.16. The normalized spacial score (nSPS) is 10.8. The number of aliphatic imine (C=N–C) groups is 1. The number of nitrogens with zero attached hydrogens (tertiary/aromatic N) is 1. The fourth-order valence-corrected chi connectivity index (χ4v) is 2.00. The standard InChI is InChI=1S/C18H21FN4O2.HI/c1-12(2)25-16-8-6-14(7-9-16)23-18(20)21-11-17(24)22-15-5-3-4-13(19)10-15;/h3-10,12H,11H2,1-2H3,(H,22,24)(H3,20,21,23);1H. The highest BCUT2D eigenvalue weighted by molar-refractivity contribution is 14.0.